The third-order valence-electron chi connectivity index (χ3n) is 4.47. The Morgan fingerprint density at radius 3 is 3.05 bits per heavy atom. The summed E-state index contributed by atoms with van der Waals surface area (Å²) in [5.74, 6) is 2.36. The van der Waals surface area contributed by atoms with Crippen LogP contribution in [0.3, 0.4) is 0 Å². The number of fused-ring (bicyclic) bond motifs is 1. The number of hydrogen-bond acceptors (Lipinski definition) is 4. The van der Waals surface area contributed by atoms with Gasteiger partial charge in [0.05, 0.1) is 6.54 Å². The van der Waals surface area contributed by atoms with Gasteiger partial charge in [0.25, 0.3) is 0 Å². The minimum absolute atomic E-state index is 0.662. The summed E-state index contributed by atoms with van der Waals surface area (Å²) in [7, 11) is 0. The number of hydrogen-bond donors (Lipinski definition) is 1. The zero-order valence-electron chi connectivity index (χ0n) is 11.9. The summed E-state index contributed by atoms with van der Waals surface area (Å²) in [6, 6.07) is 0.662. The zero-order valence-corrected chi connectivity index (χ0v) is 11.9. The SMILES string of the molecule is CCN(Cc1nnc2n1CCCC2)C1CCCNC1. The molecular formula is C14H25N5. The smallest absolute Gasteiger partial charge is 0.147 e. The van der Waals surface area contributed by atoms with Crippen LogP contribution in [0.2, 0.25) is 0 Å². The molecule has 2 aliphatic heterocycles. The fourth-order valence-electron chi connectivity index (χ4n) is 3.31. The van der Waals surface area contributed by atoms with Crippen molar-refractivity contribution in [3.05, 3.63) is 11.6 Å². The maximum Gasteiger partial charge on any atom is 0.147 e. The van der Waals surface area contributed by atoms with Crippen molar-refractivity contribution in [1.29, 1.82) is 0 Å². The van der Waals surface area contributed by atoms with E-state index in [1.165, 1.54) is 43.9 Å². The molecule has 0 aromatic carbocycles. The summed E-state index contributed by atoms with van der Waals surface area (Å²) in [6.45, 7) is 7.70. The molecule has 3 heterocycles. The van der Waals surface area contributed by atoms with E-state index < -0.39 is 0 Å². The van der Waals surface area contributed by atoms with Gasteiger partial charge in [-0.2, -0.15) is 0 Å². The van der Waals surface area contributed by atoms with Gasteiger partial charge in [0.2, 0.25) is 0 Å². The topological polar surface area (TPSA) is 46.0 Å². The maximum absolute atomic E-state index is 4.43. The summed E-state index contributed by atoms with van der Waals surface area (Å²) >= 11 is 0. The normalized spacial score (nSPS) is 23.6. The molecule has 0 saturated carbocycles. The monoisotopic (exact) mass is 263 g/mol. The van der Waals surface area contributed by atoms with Gasteiger partial charge in [-0.05, 0) is 38.8 Å². The lowest BCUT2D eigenvalue weighted by Gasteiger charge is -2.33. The average molecular weight is 263 g/mol. The second kappa shape index (κ2) is 6.01. The Balaban J connectivity index is 1.69. The molecule has 2 aliphatic rings. The predicted molar refractivity (Wildman–Crippen MR) is 74.9 cm³/mol. The highest BCUT2D eigenvalue weighted by atomic mass is 15.3. The highest BCUT2D eigenvalue weighted by Crippen LogP contribution is 2.18. The van der Waals surface area contributed by atoms with Crippen molar-refractivity contribution in [3.8, 4) is 0 Å². The first kappa shape index (κ1) is 13.1. The molecule has 5 nitrogen and oxygen atoms in total. The molecule has 1 saturated heterocycles. The summed E-state index contributed by atoms with van der Waals surface area (Å²) < 4.78 is 2.35. The molecule has 0 spiro atoms. The molecule has 5 heteroatoms. The van der Waals surface area contributed by atoms with E-state index in [1.807, 2.05) is 0 Å². The van der Waals surface area contributed by atoms with Crippen molar-refractivity contribution in [1.82, 2.24) is 25.0 Å². The molecule has 1 unspecified atom stereocenters. The molecule has 1 aromatic rings. The zero-order chi connectivity index (χ0) is 13.1. The Kier molecular flexibility index (Phi) is 4.13. The minimum Gasteiger partial charge on any atom is -0.315 e. The number of piperidine rings is 1. The van der Waals surface area contributed by atoms with Crippen LogP contribution >= 0.6 is 0 Å². The Morgan fingerprint density at radius 1 is 1.32 bits per heavy atom. The van der Waals surface area contributed by atoms with E-state index in [0.717, 1.165) is 32.6 Å². The molecule has 0 bridgehead atoms. The minimum atomic E-state index is 0.662. The van der Waals surface area contributed by atoms with Crippen LogP contribution in [0.4, 0.5) is 0 Å². The van der Waals surface area contributed by atoms with E-state index in [2.05, 4.69) is 31.9 Å². The lowest BCUT2D eigenvalue weighted by molar-refractivity contribution is 0.160. The first-order chi connectivity index (χ1) is 9.38. The predicted octanol–water partition coefficient (Wildman–Crippen LogP) is 1.19. The van der Waals surface area contributed by atoms with Gasteiger partial charge >= 0.3 is 0 Å². The molecule has 1 aromatic heterocycles. The van der Waals surface area contributed by atoms with E-state index in [0.29, 0.717) is 6.04 Å². The molecule has 19 heavy (non-hydrogen) atoms. The van der Waals surface area contributed by atoms with Gasteiger partial charge in [-0.3, -0.25) is 4.90 Å². The first-order valence-electron chi connectivity index (χ1n) is 7.74. The lowest BCUT2D eigenvalue weighted by atomic mass is 10.1. The van der Waals surface area contributed by atoms with Crippen LogP contribution in [0.25, 0.3) is 0 Å². The van der Waals surface area contributed by atoms with Crippen molar-refractivity contribution in [2.75, 3.05) is 19.6 Å². The molecule has 106 valence electrons. The molecule has 3 rings (SSSR count). The van der Waals surface area contributed by atoms with Crippen LogP contribution in [0, 0.1) is 0 Å². The number of nitrogens with zero attached hydrogens (tertiary/aromatic N) is 4. The van der Waals surface area contributed by atoms with Gasteiger partial charge in [0.1, 0.15) is 11.6 Å². The fourth-order valence-corrected chi connectivity index (χ4v) is 3.31. The molecule has 1 fully saturated rings. The second-order valence-corrected chi connectivity index (χ2v) is 5.70. The van der Waals surface area contributed by atoms with Crippen molar-refractivity contribution in [2.24, 2.45) is 0 Å². The molecule has 0 amide bonds. The van der Waals surface area contributed by atoms with Gasteiger partial charge in [0.15, 0.2) is 0 Å². The van der Waals surface area contributed by atoms with Crippen molar-refractivity contribution >= 4 is 0 Å². The Labute approximate surface area is 115 Å². The van der Waals surface area contributed by atoms with E-state index in [1.54, 1.807) is 0 Å². The van der Waals surface area contributed by atoms with Crippen LogP contribution in [0.5, 0.6) is 0 Å². The largest absolute Gasteiger partial charge is 0.315 e. The highest BCUT2D eigenvalue weighted by molar-refractivity contribution is 4.99. The number of aryl methyl sites for hydroxylation is 1. The maximum atomic E-state index is 4.43. The van der Waals surface area contributed by atoms with Crippen LogP contribution in [-0.2, 0) is 19.5 Å². The summed E-state index contributed by atoms with van der Waals surface area (Å²) in [5.41, 5.74) is 0. The number of likely N-dealkylation sites (N-methyl/N-ethyl adjacent to an activating group) is 1. The van der Waals surface area contributed by atoms with E-state index >= 15 is 0 Å². The standard InChI is InChI=1S/C14H25N5/c1-2-18(12-6-5-8-15-10-12)11-14-17-16-13-7-3-4-9-19(13)14/h12,15H,2-11H2,1H3. The molecule has 1 N–H and O–H groups in total. The van der Waals surface area contributed by atoms with Gasteiger partial charge in [-0.25, -0.2) is 0 Å². The van der Waals surface area contributed by atoms with E-state index in [9.17, 15) is 0 Å². The van der Waals surface area contributed by atoms with Gasteiger partial charge < -0.3 is 9.88 Å². The van der Waals surface area contributed by atoms with Crippen molar-refractivity contribution < 1.29 is 0 Å². The van der Waals surface area contributed by atoms with Crippen LogP contribution in [0.15, 0.2) is 0 Å². The third kappa shape index (κ3) is 2.82. The third-order valence-corrected chi connectivity index (χ3v) is 4.47. The number of aromatic nitrogens is 3. The Morgan fingerprint density at radius 2 is 2.26 bits per heavy atom. The summed E-state index contributed by atoms with van der Waals surface area (Å²) in [5, 5.41) is 12.3. The fraction of sp³-hybridized carbons (Fsp3) is 0.857. The molecule has 1 atom stereocenters. The van der Waals surface area contributed by atoms with Crippen molar-refractivity contribution in [3.63, 3.8) is 0 Å². The quantitative estimate of drug-likeness (QED) is 0.886. The van der Waals surface area contributed by atoms with Gasteiger partial charge in [-0.15, -0.1) is 10.2 Å². The summed E-state index contributed by atoms with van der Waals surface area (Å²) in [6.07, 6.45) is 6.24. The van der Waals surface area contributed by atoms with Gasteiger partial charge in [0, 0.05) is 25.6 Å². The van der Waals surface area contributed by atoms with Crippen LogP contribution < -0.4 is 5.32 Å². The van der Waals surface area contributed by atoms with Crippen LogP contribution in [-0.4, -0.2) is 45.3 Å². The first-order valence-corrected chi connectivity index (χ1v) is 7.74. The van der Waals surface area contributed by atoms with Crippen LogP contribution in [0.1, 0.15) is 44.3 Å². The Hall–Kier alpha value is -0.940. The number of nitrogens with one attached hydrogen (secondary N) is 1. The molecule has 0 aliphatic carbocycles. The van der Waals surface area contributed by atoms with E-state index in [-0.39, 0.29) is 0 Å². The van der Waals surface area contributed by atoms with E-state index in [4.69, 9.17) is 0 Å². The number of rotatable bonds is 4. The average Bonchev–Trinajstić information content (AvgIpc) is 2.89. The molecular weight excluding hydrogens is 238 g/mol. The second-order valence-electron chi connectivity index (χ2n) is 5.70. The molecule has 0 radical (unpaired) electrons. The summed E-state index contributed by atoms with van der Waals surface area (Å²) in [4.78, 5) is 2.55. The Bertz CT molecular complexity index is 408. The van der Waals surface area contributed by atoms with Crippen molar-refractivity contribution in [2.45, 2.75) is 58.2 Å². The highest BCUT2D eigenvalue weighted by Gasteiger charge is 2.23. The van der Waals surface area contributed by atoms with Gasteiger partial charge in [-0.1, -0.05) is 6.92 Å². The lowest BCUT2D eigenvalue weighted by Crippen LogP contribution is -2.45.